The van der Waals surface area contributed by atoms with Crippen molar-refractivity contribution < 1.29 is 18.7 Å². The normalized spacial score (nSPS) is 10.3. The molecule has 0 amide bonds. The van der Waals surface area contributed by atoms with Gasteiger partial charge in [0.2, 0.25) is 5.78 Å². The number of hydrogen-bond acceptors (Lipinski definition) is 5. The van der Waals surface area contributed by atoms with E-state index in [1.165, 1.54) is 24.4 Å². The van der Waals surface area contributed by atoms with E-state index < -0.39 is 17.6 Å². The molecule has 5 nitrogen and oxygen atoms in total. The Morgan fingerprint density at radius 3 is 2.78 bits per heavy atom. The number of rotatable bonds is 5. The van der Waals surface area contributed by atoms with Crippen LogP contribution in [0.5, 0.6) is 0 Å². The SMILES string of the molecule is CCOC(=O)c1cccc(F)c1C(=O)c1ncc(Cl)cc1NC. The molecule has 0 saturated carbocycles. The maximum atomic E-state index is 14.2. The van der Waals surface area contributed by atoms with Crippen LogP contribution in [0.3, 0.4) is 0 Å². The van der Waals surface area contributed by atoms with Gasteiger partial charge in [0.15, 0.2) is 0 Å². The number of hydrogen-bond donors (Lipinski definition) is 1. The van der Waals surface area contributed by atoms with Gasteiger partial charge in [-0.1, -0.05) is 17.7 Å². The molecule has 0 fully saturated rings. The van der Waals surface area contributed by atoms with Gasteiger partial charge in [0.1, 0.15) is 11.5 Å². The molecule has 2 aromatic rings. The second-order valence-electron chi connectivity index (χ2n) is 4.51. The van der Waals surface area contributed by atoms with Crippen LogP contribution >= 0.6 is 11.6 Å². The van der Waals surface area contributed by atoms with Crippen LogP contribution in [0.15, 0.2) is 30.5 Å². The minimum Gasteiger partial charge on any atom is -0.462 e. The number of benzene rings is 1. The number of carbonyl (C=O) groups excluding carboxylic acids is 2. The molecule has 0 aliphatic heterocycles. The lowest BCUT2D eigenvalue weighted by atomic mass is 9.99. The van der Waals surface area contributed by atoms with Crippen LogP contribution < -0.4 is 5.32 Å². The Balaban J connectivity index is 2.58. The molecule has 23 heavy (non-hydrogen) atoms. The minimum atomic E-state index is -0.820. The quantitative estimate of drug-likeness (QED) is 0.670. The van der Waals surface area contributed by atoms with Gasteiger partial charge in [-0.3, -0.25) is 4.79 Å². The van der Waals surface area contributed by atoms with Gasteiger partial charge in [-0.05, 0) is 25.1 Å². The summed E-state index contributed by atoms with van der Waals surface area (Å²) in [6, 6.07) is 5.27. The Morgan fingerprint density at radius 2 is 2.13 bits per heavy atom. The maximum absolute atomic E-state index is 14.2. The molecule has 0 spiro atoms. The van der Waals surface area contributed by atoms with Crippen molar-refractivity contribution in [3.05, 3.63) is 58.1 Å². The summed E-state index contributed by atoms with van der Waals surface area (Å²) in [6.07, 6.45) is 1.28. The summed E-state index contributed by atoms with van der Waals surface area (Å²) in [4.78, 5) is 28.6. The van der Waals surface area contributed by atoms with E-state index in [1.807, 2.05) is 0 Å². The molecular formula is C16H14ClFN2O3. The van der Waals surface area contributed by atoms with E-state index >= 15 is 0 Å². The van der Waals surface area contributed by atoms with Gasteiger partial charge in [-0.25, -0.2) is 14.2 Å². The number of aromatic nitrogens is 1. The molecule has 1 aromatic heterocycles. The van der Waals surface area contributed by atoms with Crippen molar-refractivity contribution in [3.8, 4) is 0 Å². The number of nitrogens with one attached hydrogen (secondary N) is 1. The molecule has 0 atom stereocenters. The van der Waals surface area contributed by atoms with Gasteiger partial charge < -0.3 is 10.1 Å². The zero-order chi connectivity index (χ0) is 17.0. The van der Waals surface area contributed by atoms with Crippen LogP contribution in [0.25, 0.3) is 0 Å². The number of anilines is 1. The Bertz CT molecular complexity index is 765. The summed E-state index contributed by atoms with van der Waals surface area (Å²) in [7, 11) is 1.58. The number of ketones is 1. The first kappa shape index (κ1) is 16.9. The molecule has 120 valence electrons. The molecule has 0 radical (unpaired) electrons. The highest BCUT2D eigenvalue weighted by Gasteiger charge is 2.25. The van der Waals surface area contributed by atoms with Crippen LogP contribution in [0.2, 0.25) is 5.02 Å². The molecule has 0 unspecified atom stereocenters. The van der Waals surface area contributed by atoms with E-state index in [0.717, 1.165) is 6.07 Å². The van der Waals surface area contributed by atoms with E-state index in [0.29, 0.717) is 10.7 Å². The number of nitrogens with zero attached hydrogens (tertiary/aromatic N) is 1. The number of halogens is 2. The monoisotopic (exact) mass is 336 g/mol. The average Bonchev–Trinajstić information content (AvgIpc) is 2.54. The summed E-state index contributed by atoms with van der Waals surface area (Å²) >= 11 is 5.84. The van der Waals surface area contributed by atoms with Gasteiger partial charge in [-0.15, -0.1) is 0 Å². The number of pyridine rings is 1. The average molecular weight is 337 g/mol. The zero-order valence-electron chi connectivity index (χ0n) is 12.5. The number of carbonyl (C=O) groups is 2. The molecule has 2 rings (SSSR count). The van der Waals surface area contributed by atoms with Crippen molar-refractivity contribution in [2.24, 2.45) is 0 Å². The molecule has 0 saturated heterocycles. The van der Waals surface area contributed by atoms with Crippen molar-refractivity contribution in [3.63, 3.8) is 0 Å². The highest BCUT2D eigenvalue weighted by atomic mass is 35.5. The van der Waals surface area contributed by atoms with E-state index in [2.05, 4.69) is 10.3 Å². The molecule has 1 aromatic carbocycles. The van der Waals surface area contributed by atoms with E-state index in [-0.39, 0.29) is 23.4 Å². The molecular weight excluding hydrogens is 323 g/mol. The van der Waals surface area contributed by atoms with Crippen molar-refractivity contribution in [1.82, 2.24) is 4.98 Å². The summed E-state index contributed by atoms with van der Waals surface area (Å²) < 4.78 is 19.1. The summed E-state index contributed by atoms with van der Waals surface area (Å²) in [6.45, 7) is 1.74. The molecule has 0 aliphatic carbocycles. The standard InChI is InChI=1S/C16H14ClFN2O3/c1-3-23-16(22)10-5-4-6-11(18)13(10)15(21)14-12(19-2)7-9(17)8-20-14/h4-8,19H,3H2,1-2H3. The largest absolute Gasteiger partial charge is 0.462 e. The number of esters is 1. The smallest absolute Gasteiger partial charge is 0.338 e. The third kappa shape index (κ3) is 3.48. The fraction of sp³-hybridized carbons (Fsp3) is 0.188. The highest BCUT2D eigenvalue weighted by Crippen LogP contribution is 2.24. The Morgan fingerprint density at radius 1 is 1.39 bits per heavy atom. The van der Waals surface area contributed by atoms with Crippen LogP contribution in [0.1, 0.15) is 33.3 Å². The second-order valence-corrected chi connectivity index (χ2v) is 4.95. The predicted molar refractivity (Wildman–Crippen MR) is 84.6 cm³/mol. The Hall–Kier alpha value is -2.47. The van der Waals surface area contributed by atoms with Crippen LogP contribution in [0.4, 0.5) is 10.1 Å². The van der Waals surface area contributed by atoms with Crippen LogP contribution in [-0.4, -0.2) is 30.4 Å². The van der Waals surface area contributed by atoms with E-state index in [4.69, 9.17) is 16.3 Å². The first-order valence-corrected chi connectivity index (χ1v) is 7.21. The fourth-order valence-corrected chi connectivity index (χ4v) is 2.22. The predicted octanol–water partition coefficient (Wildman–Crippen LogP) is 3.32. The van der Waals surface area contributed by atoms with Crippen molar-refractivity contribution in [2.45, 2.75) is 6.92 Å². The summed E-state index contributed by atoms with van der Waals surface area (Å²) in [5, 5.41) is 3.10. The van der Waals surface area contributed by atoms with Gasteiger partial charge in [0.05, 0.1) is 28.4 Å². The maximum Gasteiger partial charge on any atom is 0.338 e. The lowest BCUT2D eigenvalue weighted by Crippen LogP contribution is -2.16. The van der Waals surface area contributed by atoms with Crippen molar-refractivity contribution in [2.75, 3.05) is 19.0 Å². The van der Waals surface area contributed by atoms with Crippen molar-refractivity contribution in [1.29, 1.82) is 0 Å². The van der Waals surface area contributed by atoms with Crippen LogP contribution in [0, 0.1) is 5.82 Å². The molecule has 1 heterocycles. The third-order valence-electron chi connectivity index (χ3n) is 3.07. The zero-order valence-corrected chi connectivity index (χ0v) is 13.3. The molecule has 7 heteroatoms. The number of ether oxygens (including phenoxy) is 1. The summed E-state index contributed by atoms with van der Waals surface area (Å²) in [5.41, 5.74) is -0.221. The van der Waals surface area contributed by atoms with Gasteiger partial charge in [0.25, 0.3) is 0 Å². The first-order valence-electron chi connectivity index (χ1n) is 6.83. The minimum absolute atomic E-state index is 0.0347. The second kappa shape index (κ2) is 7.19. The topological polar surface area (TPSA) is 68.3 Å². The lowest BCUT2D eigenvalue weighted by Gasteiger charge is -2.11. The lowest BCUT2D eigenvalue weighted by molar-refractivity contribution is 0.0522. The van der Waals surface area contributed by atoms with Gasteiger partial charge in [0, 0.05) is 13.2 Å². The fourth-order valence-electron chi connectivity index (χ4n) is 2.06. The van der Waals surface area contributed by atoms with E-state index in [1.54, 1.807) is 14.0 Å². The molecule has 0 bridgehead atoms. The van der Waals surface area contributed by atoms with Crippen molar-refractivity contribution >= 4 is 29.0 Å². The molecule has 0 aliphatic rings. The van der Waals surface area contributed by atoms with Gasteiger partial charge >= 0.3 is 5.97 Å². The first-order chi connectivity index (χ1) is 11.0. The Kier molecular flexibility index (Phi) is 5.28. The third-order valence-corrected chi connectivity index (χ3v) is 3.28. The Labute approximate surface area is 137 Å². The van der Waals surface area contributed by atoms with Gasteiger partial charge in [-0.2, -0.15) is 0 Å². The highest BCUT2D eigenvalue weighted by molar-refractivity contribution is 6.31. The molecule has 1 N–H and O–H groups in total. The van der Waals surface area contributed by atoms with Crippen LogP contribution in [-0.2, 0) is 4.74 Å². The van der Waals surface area contributed by atoms with E-state index in [9.17, 15) is 14.0 Å². The summed E-state index contributed by atoms with van der Waals surface area (Å²) in [5.74, 6) is -2.32.